The van der Waals surface area contributed by atoms with Crippen molar-refractivity contribution < 1.29 is 17.4 Å². The predicted octanol–water partition coefficient (Wildman–Crippen LogP) is 7.21. The predicted molar refractivity (Wildman–Crippen MR) is 134 cm³/mol. The van der Waals surface area contributed by atoms with Gasteiger partial charge in [0, 0.05) is 5.41 Å². The first-order chi connectivity index (χ1) is 16.8. The van der Waals surface area contributed by atoms with Gasteiger partial charge in [-0.15, -0.1) is 0 Å². The van der Waals surface area contributed by atoms with E-state index in [2.05, 4.69) is 28.2 Å². The van der Waals surface area contributed by atoms with Crippen LogP contribution in [0.15, 0.2) is 66.7 Å². The van der Waals surface area contributed by atoms with Crippen molar-refractivity contribution in [1.82, 2.24) is 5.32 Å². The van der Waals surface area contributed by atoms with E-state index in [1.807, 2.05) is 30.3 Å². The van der Waals surface area contributed by atoms with E-state index in [4.69, 9.17) is 21.0 Å². The lowest BCUT2D eigenvalue weighted by Gasteiger charge is -2.37. The maximum atomic E-state index is 13.0. The Kier molecular flexibility index (Phi) is 7.92. The summed E-state index contributed by atoms with van der Waals surface area (Å²) in [6.07, 6.45) is -2.73. The number of anilines is 1. The zero-order valence-corrected chi connectivity index (χ0v) is 20.2. The molecular formula is C26H23ClF3N3OS. The highest BCUT2D eigenvalue weighted by atomic mass is 35.5. The van der Waals surface area contributed by atoms with Gasteiger partial charge < -0.3 is 10.0 Å². The van der Waals surface area contributed by atoms with E-state index >= 15 is 0 Å². The van der Waals surface area contributed by atoms with Gasteiger partial charge in [-0.25, -0.2) is 0 Å². The molecule has 0 saturated carbocycles. The molecule has 0 aromatic heterocycles. The van der Waals surface area contributed by atoms with Gasteiger partial charge in [-0.05, 0) is 73.0 Å². The molecule has 1 aliphatic rings. The summed E-state index contributed by atoms with van der Waals surface area (Å²) in [6.45, 7) is 2.06. The lowest BCUT2D eigenvalue weighted by molar-refractivity contribution is -0.137. The molecule has 0 atom stereocenters. The molecule has 1 fully saturated rings. The molecule has 2 N–H and O–H groups in total. The third kappa shape index (κ3) is 6.11. The van der Waals surface area contributed by atoms with Gasteiger partial charge in [0.25, 0.3) is 0 Å². The highest BCUT2D eigenvalue weighted by molar-refractivity contribution is 7.96. The zero-order valence-electron chi connectivity index (χ0n) is 18.7. The van der Waals surface area contributed by atoms with Crippen LogP contribution in [0.1, 0.15) is 29.5 Å². The van der Waals surface area contributed by atoms with Crippen molar-refractivity contribution in [1.29, 1.82) is 5.26 Å². The molecule has 4 rings (SSSR count). The van der Waals surface area contributed by atoms with Gasteiger partial charge in [0.1, 0.15) is 12.2 Å². The first-order valence-corrected chi connectivity index (χ1v) is 12.2. The quantitative estimate of drug-likeness (QED) is 0.197. The summed E-state index contributed by atoms with van der Waals surface area (Å²) in [5.41, 5.74) is 2.88. The fourth-order valence-corrected chi connectivity index (χ4v) is 5.03. The Hall–Kier alpha value is -2.70. The third-order valence-corrected chi connectivity index (χ3v) is 7.09. The maximum absolute atomic E-state index is 13.0. The Morgan fingerprint density at radius 3 is 2.46 bits per heavy atom. The summed E-state index contributed by atoms with van der Waals surface area (Å²) in [4.78, 5) is 0. The lowest BCUT2D eigenvalue weighted by Crippen LogP contribution is -2.42. The number of nitriles is 1. The van der Waals surface area contributed by atoms with Crippen LogP contribution in [-0.2, 0) is 15.8 Å². The van der Waals surface area contributed by atoms with Crippen molar-refractivity contribution in [2.24, 2.45) is 0 Å². The highest BCUT2D eigenvalue weighted by Gasteiger charge is 2.35. The molecule has 0 bridgehead atoms. The minimum Gasteiger partial charge on any atom is -0.317 e. The fourth-order valence-electron chi connectivity index (χ4n) is 4.20. The molecule has 0 unspecified atom stereocenters. The van der Waals surface area contributed by atoms with E-state index in [1.54, 1.807) is 6.07 Å². The van der Waals surface area contributed by atoms with E-state index < -0.39 is 11.7 Å². The van der Waals surface area contributed by atoms with Crippen LogP contribution in [0.25, 0.3) is 11.1 Å². The number of halogens is 4. The zero-order chi connectivity index (χ0) is 24.9. The minimum atomic E-state index is -4.45. The third-order valence-electron chi connectivity index (χ3n) is 6.22. The van der Waals surface area contributed by atoms with Gasteiger partial charge in [0.2, 0.25) is 0 Å². The van der Waals surface area contributed by atoms with Crippen LogP contribution in [-0.4, -0.2) is 19.7 Å². The van der Waals surface area contributed by atoms with Gasteiger partial charge in [0.05, 0.1) is 34.5 Å². The van der Waals surface area contributed by atoms with E-state index in [0.717, 1.165) is 67.0 Å². The molecule has 35 heavy (non-hydrogen) atoms. The second kappa shape index (κ2) is 10.9. The average Bonchev–Trinajstić information content (AvgIpc) is 2.87. The standard InChI is InChI=1S/C26H23ClF3N3OS/c27-23-9-8-22(26(28,29)30)15-24(23)33-35-34-17-25(10-12-32-13-11-25)21-6-4-19(5-7-21)20-3-1-2-18(14-20)16-31/h1-9,14-15,32-33H,10-13,17H2. The molecule has 1 heterocycles. The van der Waals surface area contributed by atoms with Gasteiger partial charge in [-0.3, -0.25) is 4.18 Å². The van der Waals surface area contributed by atoms with E-state index in [1.165, 1.54) is 6.07 Å². The summed E-state index contributed by atoms with van der Waals surface area (Å²) in [6, 6.07) is 21.0. The molecular weight excluding hydrogens is 495 g/mol. The van der Waals surface area contributed by atoms with Gasteiger partial charge in [0.15, 0.2) is 0 Å². The summed E-state index contributed by atoms with van der Waals surface area (Å²) in [5.74, 6) is 0. The Morgan fingerprint density at radius 2 is 1.77 bits per heavy atom. The van der Waals surface area contributed by atoms with E-state index in [-0.39, 0.29) is 16.1 Å². The molecule has 0 spiro atoms. The number of hydrogen-bond acceptors (Lipinski definition) is 5. The SMILES string of the molecule is N#Cc1cccc(-c2ccc(C3(COSNc4cc(C(F)(F)F)ccc4Cl)CCNCC3)cc2)c1. The largest absolute Gasteiger partial charge is 0.416 e. The molecule has 0 aliphatic carbocycles. The molecule has 3 aromatic carbocycles. The van der Waals surface area contributed by atoms with Crippen molar-refractivity contribution in [2.75, 3.05) is 24.4 Å². The Bertz CT molecular complexity index is 1210. The van der Waals surface area contributed by atoms with E-state index in [0.29, 0.717) is 12.2 Å². The Labute approximate surface area is 211 Å². The van der Waals surface area contributed by atoms with Crippen molar-refractivity contribution in [2.45, 2.75) is 24.4 Å². The number of hydrogen-bond donors (Lipinski definition) is 2. The van der Waals surface area contributed by atoms with Crippen molar-refractivity contribution in [3.8, 4) is 17.2 Å². The number of piperidine rings is 1. The van der Waals surface area contributed by atoms with Gasteiger partial charge in [-0.1, -0.05) is 48.0 Å². The smallest absolute Gasteiger partial charge is 0.317 e. The Morgan fingerprint density at radius 1 is 1.03 bits per heavy atom. The van der Waals surface area contributed by atoms with Crippen molar-refractivity contribution in [3.05, 3.63) is 88.4 Å². The second-order valence-electron chi connectivity index (χ2n) is 8.44. The van der Waals surface area contributed by atoms with Crippen LogP contribution >= 0.6 is 23.8 Å². The first-order valence-electron chi connectivity index (χ1n) is 11.0. The molecule has 1 aliphatic heterocycles. The van der Waals surface area contributed by atoms with Crippen molar-refractivity contribution >= 4 is 29.5 Å². The number of benzene rings is 3. The summed E-state index contributed by atoms with van der Waals surface area (Å²) in [7, 11) is 0. The molecule has 182 valence electrons. The number of rotatable bonds is 7. The lowest BCUT2D eigenvalue weighted by atomic mass is 9.73. The summed E-state index contributed by atoms with van der Waals surface area (Å²) in [5, 5.41) is 12.7. The number of nitrogens with zero attached hydrogens (tertiary/aromatic N) is 1. The summed E-state index contributed by atoms with van der Waals surface area (Å²) >= 11 is 6.93. The first kappa shape index (κ1) is 25.4. The second-order valence-corrected chi connectivity index (χ2v) is 9.45. The van der Waals surface area contributed by atoms with Gasteiger partial charge >= 0.3 is 6.18 Å². The molecule has 3 aromatic rings. The molecule has 1 saturated heterocycles. The minimum absolute atomic E-state index is 0.148. The Balaban J connectivity index is 1.45. The summed E-state index contributed by atoms with van der Waals surface area (Å²) < 4.78 is 47.7. The highest BCUT2D eigenvalue weighted by Crippen LogP contribution is 2.38. The number of alkyl halides is 3. The van der Waals surface area contributed by atoms with Gasteiger partial charge in [-0.2, -0.15) is 18.4 Å². The van der Waals surface area contributed by atoms with Crippen molar-refractivity contribution in [3.63, 3.8) is 0 Å². The normalized spacial score (nSPS) is 15.4. The van der Waals surface area contributed by atoms with Crippen LogP contribution < -0.4 is 10.0 Å². The van der Waals surface area contributed by atoms with Crippen LogP contribution in [0.5, 0.6) is 0 Å². The van der Waals surface area contributed by atoms with Crippen LogP contribution in [0, 0.1) is 11.3 Å². The molecule has 0 radical (unpaired) electrons. The maximum Gasteiger partial charge on any atom is 0.416 e. The van der Waals surface area contributed by atoms with Crippen LogP contribution in [0.4, 0.5) is 18.9 Å². The topological polar surface area (TPSA) is 57.1 Å². The van der Waals surface area contributed by atoms with Crippen LogP contribution in [0.2, 0.25) is 5.02 Å². The molecule has 9 heteroatoms. The monoisotopic (exact) mass is 517 g/mol. The van der Waals surface area contributed by atoms with Crippen LogP contribution in [0.3, 0.4) is 0 Å². The molecule has 4 nitrogen and oxygen atoms in total. The average molecular weight is 518 g/mol. The molecule has 0 amide bonds. The van der Waals surface area contributed by atoms with E-state index in [9.17, 15) is 13.2 Å². The number of nitrogens with one attached hydrogen (secondary N) is 2. The fraction of sp³-hybridized carbons (Fsp3) is 0.269.